The summed E-state index contributed by atoms with van der Waals surface area (Å²) in [5.41, 5.74) is 0. The third-order valence-corrected chi connectivity index (χ3v) is 3.73. The van der Waals surface area contributed by atoms with Crippen LogP contribution < -0.4 is 5.32 Å². The molecule has 13 heavy (non-hydrogen) atoms. The molecule has 2 N–H and O–H groups in total. The average Bonchev–Trinajstić information content (AvgIpc) is 2.75. The van der Waals surface area contributed by atoms with E-state index in [4.69, 9.17) is 9.84 Å². The zero-order valence-electron chi connectivity index (χ0n) is 7.23. The number of nitrogens with one attached hydrogen (secondary N) is 1. The Morgan fingerprint density at radius 1 is 1.62 bits per heavy atom. The Balaban J connectivity index is 1.86. The molecule has 0 aromatic rings. The van der Waals surface area contributed by atoms with E-state index in [9.17, 15) is 4.79 Å². The number of carboxylic acids is 1. The van der Waals surface area contributed by atoms with Gasteiger partial charge in [0.1, 0.15) is 6.04 Å². The maximum atomic E-state index is 10.6. The van der Waals surface area contributed by atoms with Gasteiger partial charge >= 0.3 is 5.97 Å². The first kappa shape index (κ1) is 9.30. The SMILES string of the molecule is O=C(O)C1CSC(C2CCCO2)N1. The second-order valence-corrected chi connectivity index (χ2v) is 4.54. The second-order valence-electron chi connectivity index (χ2n) is 3.36. The summed E-state index contributed by atoms with van der Waals surface area (Å²) in [4.78, 5) is 10.6. The second kappa shape index (κ2) is 3.86. The Bertz CT molecular complexity index is 206. The molecule has 0 amide bonds. The van der Waals surface area contributed by atoms with Gasteiger partial charge in [0.2, 0.25) is 0 Å². The third kappa shape index (κ3) is 1.98. The third-order valence-electron chi connectivity index (χ3n) is 2.41. The first-order valence-electron chi connectivity index (χ1n) is 4.49. The van der Waals surface area contributed by atoms with Crippen molar-refractivity contribution in [2.24, 2.45) is 0 Å². The van der Waals surface area contributed by atoms with Gasteiger partial charge in [0.05, 0.1) is 11.5 Å². The van der Waals surface area contributed by atoms with E-state index in [1.54, 1.807) is 11.8 Å². The molecule has 5 heteroatoms. The Hall–Kier alpha value is -0.260. The van der Waals surface area contributed by atoms with Gasteiger partial charge in [-0.2, -0.15) is 0 Å². The minimum Gasteiger partial charge on any atom is -0.480 e. The van der Waals surface area contributed by atoms with Gasteiger partial charge < -0.3 is 9.84 Å². The molecule has 2 rings (SSSR count). The lowest BCUT2D eigenvalue weighted by Crippen LogP contribution is -2.41. The van der Waals surface area contributed by atoms with Crippen molar-refractivity contribution in [3.8, 4) is 0 Å². The first-order chi connectivity index (χ1) is 6.27. The summed E-state index contributed by atoms with van der Waals surface area (Å²) in [5.74, 6) is -0.104. The summed E-state index contributed by atoms with van der Waals surface area (Å²) in [5, 5.41) is 12.0. The predicted octanol–water partition coefficient (Wildman–Crippen LogP) is 0.281. The minimum atomic E-state index is -0.756. The van der Waals surface area contributed by atoms with Crippen LogP contribution in [0.2, 0.25) is 0 Å². The van der Waals surface area contributed by atoms with Gasteiger partial charge in [0, 0.05) is 12.4 Å². The van der Waals surface area contributed by atoms with E-state index in [-0.39, 0.29) is 17.5 Å². The van der Waals surface area contributed by atoms with Crippen molar-refractivity contribution in [1.82, 2.24) is 5.32 Å². The highest BCUT2D eigenvalue weighted by molar-refractivity contribution is 8.00. The molecule has 3 atom stereocenters. The molecule has 4 nitrogen and oxygen atoms in total. The molecule has 0 spiro atoms. The van der Waals surface area contributed by atoms with Crippen LogP contribution in [0.25, 0.3) is 0 Å². The molecule has 3 unspecified atom stereocenters. The Kier molecular flexibility index (Phi) is 2.76. The van der Waals surface area contributed by atoms with Gasteiger partial charge in [0.25, 0.3) is 0 Å². The van der Waals surface area contributed by atoms with E-state index >= 15 is 0 Å². The molecule has 0 radical (unpaired) electrons. The Labute approximate surface area is 81.0 Å². The average molecular weight is 203 g/mol. The quantitative estimate of drug-likeness (QED) is 0.675. The normalized spacial score (nSPS) is 39.5. The summed E-state index contributed by atoms with van der Waals surface area (Å²) >= 11 is 1.66. The number of hydrogen-bond acceptors (Lipinski definition) is 4. The molecule has 74 valence electrons. The van der Waals surface area contributed by atoms with Crippen LogP contribution in [0.5, 0.6) is 0 Å². The summed E-state index contributed by atoms with van der Waals surface area (Å²) in [6.07, 6.45) is 2.37. The predicted molar refractivity (Wildman–Crippen MR) is 49.8 cm³/mol. The topological polar surface area (TPSA) is 58.6 Å². The van der Waals surface area contributed by atoms with Gasteiger partial charge in [-0.25, -0.2) is 0 Å². The first-order valence-corrected chi connectivity index (χ1v) is 5.54. The lowest BCUT2D eigenvalue weighted by atomic mass is 10.2. The molecular weight excluding hydrogens is 190 g/mol. The minimum absolute atomic E-state index is 0.184. The summed E-state index contributed by atoms with van der Waals surface area (Å²) in [6.45, 7) is 0.821. The number of rotatable bonds is 2. The van der Waals surface area contributed by atoms with Crippen LogP contribution in [0.1, 0.15) is 12.8 Å². The van der Waals surface area contributed by atoms with Gasteiger partial charge in [-0.05, 0) is 12.8 Å². The van der Waals surface area contributed by atoms with Crippen LogP contribution in [0.3, 0.4) is 0 Å². The highest BCUT2D eigenvalue weighted by atomic mass is 32.2. The fourth-order valence-corrected chi connectivity index (χ4v) is 3.02. The molecule has 0 aromatic heterocycles. The van der Waals surface area contributed by atoms with Crippen LogP contribution in [0.15, 0.2) is 0 Å². The smallest absolute Gasteiger partial charge is 0.321 e. The van der Waals surface area contributed by atoms with Crippen molar-refractivity contribution in [2.75, 3.05) is 12.4 Å². The van der Waals surface area contributed by atoms with E-state index in [1.165, 1.54) is 0 Å². The van der Waals surface area contributed by atoms with Crippen molar-refractivity contribution in [2.45, 2.75) is 30.4 Å². The van der Waals surface area contributed by atoms with Crippen molar-refractivity contribution in [1.29, 1.82) is 0 Å². The summed E-state index contributed by atoms with van der Waals surface area (Å²) < 4.78 is 5.49. The fraction of sp³-hybridized carbons (Fsp3) is 0.875. The van der Waals surface area contributed by atoms with Crippen molar-refractivity contribution < 1.29 is 14.6 Å². The van der Waals surface area contributed by atoms with Crippen LogP contribution in [-0.4, -0.2) is 41.0 Å². The molecular formula is C8H13NO3S. The standard InChI is InChI=1S/C8H13NO3S/c10-8(11)5-4-13-7(9-5)6-2-1-3-12-6/h5-7,9H,1-4H2,(H,10,11). The molecule has 2 fully saturated rings. The molecule has 2 aliphatic rings. The summed E-state index contributed by atoms with van der Waals surface area (Å²) in [7, 11) is 0. The zero-order chi connectivity index (χ0) is 9.26. The van der Waals surface area contributed by atoms with Gasteiger partial charge in [-0.3, -0.25) is 10.1 Å². The highest BCUT2D eigenvalue weighted by Crippen LogP contribution is 2.28. The summed E-state index contributed by atoms with van der Waals surface area (Å²) in [6, 6.07) is -0.390. The van der Waals surface area contributed by atoms with Crippen molar-refractivity contribution in [3.05, 3.63) is 0 Å². The molecule has 0 bridgehead atoms. The monoisotopic (exact) mass is 203 g/mol. The van der Waals surface area contributed by atoms with Crippen LogP contribution in [0, 0.1) is 0 Å². The van der Waals surface area contributed by atoms with Crippen LogP contribution in [-0.2, 0) is 9.53 Å². The zero-order valence-corrected chi connectivity index (χ0v) is 8.05. The van der Waals surface area contributed by atoms with Gasteiger partial charge in [-0.1, -0.05) is 0 Å². The lowest BCUT2D eigenvalue weighted by Gasteiger charge is -2.17. The maximum Gasteiger partial charge on any atom is 0.321 e. The van der Waals surface area contributed by atoms with Crippen LogP contribution >= 0.6 is 11.8 Å². The number of hydrogen-bond donors (Lipinski definition) is 2. The van der Waals surface area contributed by atoms with E-state index < -0.39 is 5.97 Å². The van der Waals surface area contributed by atoms with E-state index in [0.29, 0.717) is 5.75 Å². The molecule has 0 aliphatic carbocycles. The van der Waals surface area contributed by atoms with Crippen molar-refractivity contribution in [3.63, 3.8) is 0 Å². The molecule has 0 aromatic carbocycles. The molecule has 2 aliphatic heterocycles. The maximum absolute atomic E-state index is 10.6. The van der Waals surface area contributed by atoms with Crippen molar-refractivity contribution >= 4 is 17.7 Å². The Morgan fingerprint density at radius 3 is 3.00 bits per heavy atom. The van der Waals surface area contributed by atoms with Gasteiger partial charge in [-0.15, -0.1) is 11.8 Å². The van der Waals surface area contributed by atoms with E-state index in [2.05, 4.69) is 5.32 Å². The fourth-order valence-electron chi connectivity index (χ4n) is 1.69. The molecule has 2 saturated heterocycles. The lowest BCUT2D eigenvalue weighted by molar-refractivity contribution is -0.138. The largest absolute Gasteiger partial charge is 0.480 e. The van der Waals surface area contributed by atoms with E-state index in [1.807, 2.05) is 0 Å². The molecule has 0 saturated carbocycles. The number of ether oxygens (including phenoxy) is 1. The number of aliphatic carboxylic acids is 1. The Morgan fingerprint density at radius 2 is 2.46 bits per heavy atom. The number of carbonyl (C=O) groups is 1. The van der Waals surface area contributed by atoms with E-state index in [0.717, 1.165) is 19.4 Å². The highest BCUT2D eigenvalue weighted by Gasteiger charge is 2.35. The number of thioether (sulfide) groups is 1. The van der Waals surface area contributed by atoms with Crippen LogP contribution in [0.4, 0.5) is 0 Å². The molecule has 2 heterocycles. The number of carboxylic acid groups (broad SMARTS) is 1. The van der Waals surface area contributed by atoms with Gasteiger partial charge in [0.15, 0.2) is 0 Å².